The van der Waals surface area contributed by atoms with Crippen molar-refractivity contribution in [3.8, 4) is 11.5 Å². The third-order valence-electron chi connectivity index (χ3n) is 3.49. The van der Waals surface area contributed by atoms with E-state index in [9.17, 15) is 14.0 Å². The van der Waals surface area contributed by atoms with Gasteiger partial charge in [-0.05, 0) is 52.7 Å². The van der Waals surface area contributed by atoms with Crippen LogP contribution in [0.25, 0.3) is 0 Å². The summed E-state index contributed by atoms with van der Waals surface area (Å²) in [6.07, 6.45) is 0. The molecular weight excluding hydrogens is 421 g/mol. The van der Waals surface area contributed by atoms with Gasteiger partial charge >= 0.3 is 5.97 Å². The highest BCUT2D eigenvalue weighted by Gasteiger charge is 2.17. The molecule has 0 aliphatic rings. The monoisotopic (exact) mass is 439 g/mol. The Morgan fingerprint density at radius 3 is 2.52 bits per heavy atom. The van der Waals surface area contributed by atoms with Crippen LogP contribution in [-0.4, -0.2) is 32.2 Å². The summed E-state index contributed by atoms with van der Waals surface area (Å²) in [7, 11) is 1.46. The number of carbonyl (C=O) groups excluding carboxylic acids is 2. The number of rotatable bonds is 8. The fourth-order valence-electron chi connectivity index (χ4n) is 2.19. The summed E-state index contributed by atoms with van der Waals surface area (Å²) in [6, 6.07) is 8.74. The number of benzene rings is 2. The van der Waals surface area contributed by atoms with Crippen molar-refractivity contribution in [2.24, 2.45) is 0 Å². The number of amides is 1. The predicted molar refractivity (Wildman–Crippen MR) is 100 cm³/mol. The minimum Gasteiger partial charge on any atom is -0.493 e. The summed E-state index contributed by atoms with van der Waals surface area (Å²) in [5.74, 6) is -0.637. The number of ether oxygens (including phenoxy) is 3. The van der Waals surface area contributed by atoms with Gasteiger partial charge in [0.15, 0.2) is 18.1 Å². The Hall–Kier alpha value is -2.61. The van der Waals surface area contributed by atoms with E-state index in [-0.39, 0.29) is 17.9 Å². The van der Waals surface area contributed by atoms with Crippen LogP contribution >= 0.6 is 15.9 Å². The van der Waals surface area contributed by atoms with Crippen LogP contribution in [0.5, 0.6) is 11.5 Å². The molecule has 0 unspecified atom stereocenters. The zero-order valence-electron chi connectivity index (χ0n) is 14.9. The molecule has 2 aromatic rings. The topological polar surface area (TPSA) is 73.9 Å². The Morgan fingerprint density at radius 2 is 1.89 bits per heavy atom. The normalized spacial score (nSPS) is 10.2. The first-order chi connectivity index (χ1) is 12.9. The van der Waals surface area contributed by atoms with Gasteiger partial charge in [0, 0.05) is 6.54 Å². The van der Waals surface area contributed by atoms with Crippen molar-refractivity contribution < 1.29 is 28.2 Å². The van der Waals surface area contributed by atoms with E-state index < -0.39 is 18.5 Å². The van der Waals surface area contributed by atoms with Crippen LogP contribution < -0.4 is 14.8 Å². The van der Waals surface area contributed by atoms with Crippen LogP contribution in [0.2, 0.25) is 0 Å². The Labute approximate surface area is 164 Å². The van der Waals surface area contributed by atoms with E-state index in [4.69, 9.17) is 14.2 Å². The Balaban J connectivity index is 1.91. The highest BCUT2D eigenvalue weighted by molar-refractivity contribution is 9.10. The van der Waals surface area contributed by atoms with Crippen molar-refractivity contribution in [3.63, 3.8) is 0 Å². The molecule has 6 nitrogen and oxygen atoms in total. The van der Waals surface area contributed by atoms with Gasteiger partial charge < -0.3 is 19.5 Å². The predicted octanol–water partition coefficient (Wildman–Crippen LogP) is 3.47. The molecule has 0 radical (unpaired) electrons. The lowest BCUT2D eigenvalue weighted by molar-refractivity contribution is -0.124. The summed E-state index contributed by atoms with van der Waals surface area (Å²) < 4.78 is 29.1. The zero-order valence-corrected chi connectivity index (χ0v) is 16.5. The lowest BCUT2D eigenvalue weighted by Gasteiger charge is -2.13. The van der Waals surface area contributed by atoms with Crippen molar-refractivity contribution in [3.05, 3.63) is 57.8 Å². The number of esters is 1. The Bertz CT molecular complexity index is 810. The molecule has 0 saturated heterocycles. The second-order valence-electron chi connectivity index (χ2n) is 5.40. The van der Waals surface area contributed by atoms with E-state index >= 15 is 0 Å². The molecule has 0 heterocycles. The number of hydrogen-bond donors (Lipinski definition) is 1. The first-order valence-electron chi connectivity index (χ1n) is 8.13. The molecule has 2 rings (SSSR count). The van der Waals surface area contributed by atoms with Gasteiger partial charge in [-0.15, -0.1) is 0 Å². The first kappa shape index (κ1) is 20.7. The smallest absolute Gasteiger partial charge is 0.338 e. The molecule has 0 fully saturated rings. The number of halogens is 2. The number of methoxy groups -OCH3 is 1. The molecule has 0 spiro atoms. The van der Waals surface area contributed by atoms with E-state index in [1.165, 1.54) is 31.4 Å². The molecule has 0 bridgehead atoms. The molecule has 27 heavy (non-hydrogen) atoms. The molecule has 1 amide bonds. The molecule has 0 aromatic heterocycles. The molecular formula is C19H19BrFNO5. The SMILES string of the molecule is CCOc1c(Br)cc(C(=O)OCC(=O)NCc2ccc(F)cc2)cc1OC. The lowest BCUT2D eigenvalue weighted by Crippen LogP contribution is -2.28. The van der Waals surface area contributed by atoms with E-state index in [1.54, 1.807) is 12.1 Å². The summed E-state index contributed by atoms with van der Waals surface area (Å²) >= 11 is 3.33. The van der Waals surface area contributed by atoms with Gasteiger partial charge in [-0.25, -0.2) is 9.18 Å². The third kappa shape index (κ3) is 5.96. The second kappa shape index (κ2) is 9.91. The van der Waals surface area contributed by atoms with E-state index in [1.807, 2.05) is 6.92 Å². The average molecular weight is 440 g/mol. The lowest BCUT2D eigenvalue weighted by atomic mass is 10.2. The average Bonchev–Trinajstić information content (AvgIpc) is 2.67. The van der Waals surface area contributed by atoms with Gasteiger partial charge in [0.25, 0.3) is 5.91 Å². The maximum absolute atomic E-state index is 12.8. The van der Waals surface area contributed by atoms with E-state index in [0.29, 0.717) is 22.6 Å². The second-order valence-corrected chi connectivity index (χ2v) is 6.26. The van der Waals surface area contributed by atoms with Crippen molar-refractivity contribution >= 4 is 27.8 Å². The van der Waals surface area contributed by atoms with Crippen LogP contribution in [-0.2, 0) is 16.1 Å². The molecule has 0 saturated carbocycles. The largest absolute Gasteiger partial charge is 0.493 e. The molecule has 1 N–H and O–H groups in total. The minimum absolute atomic E-state index is 0.207. The molecule has 0 aliphatic heterocycles. The zero-order chi connectivity index (χ0) is 19.8. The number of hydrogen-bond acceptors (Lipinski definition) is 5. The molecule has 0 atom stereocenters. The van der Waals surface area contributed by atoms with Gasteiger partial charge in [-0.1, -0.05) is 12.1 Å². The fraction of sp³-hybridized carbons (Fsp3) is 0.263. The fourth-order valence-corrected chi connectivity index (χ4v) is 2.75. The Morgan fingerprint density at radius 1 is 1.19 bits per heavy atom. The van der Waals surface area contributed by atoms with Gasteiger partial charge in [0.2, 0.25) is 0 Å². The number of nitrogens with one attached hydrogen (secondary N) is 1. The maximum atomic E-state index is 12.8. The summed E-state index contributed by atoms with van der Waals surface area (Å²) in [5, 5.41) is 2.59. The summed E-state index contributed by atoms with van der Waals surface area (Å²) in [5.41, 5.74) is 0.949. The van der Waals surface area contributed by atoms with Gasteiger partial charge in [0.1, 0.15) is 5.82 Å². The quantitative estimate of drug-likeness (QED) is 0.637. The standard InChI is InChI=1S/C19H19BrFNO5/c1-3-26-18-15(20)8-13(9-16(18)25-2)19(24)27-11-17(23)22-10-12-4-6-14(21)7-5-12/h4-9H,3,10-11H2,1-2H3,(H,22,23). The van der Waals surface area contributed by atoms with Crippen LogP contribution in [0.15, 0.2) is 40.9 Å². The molecule has 8 heteroatoms. The summed E-state index contributed by atoms with van der Waals surface area (Å²) in [4.78, 5) is 24.0. The van der Waals surface area contributed by atoms with Crippen LogP contribution in [0.3, 0.4) is 0 Å². The minimum atomic E-state index is -0.672. The van der Waals surface area contributed by atoms with Crippen molar-refractivity contribution in [2.75, 3.05) is 20.3 Å². The first-order valence-corrected chi connectivity index (χ1v) is 8.92. The highest BCUT2D eigenvalue weighted by Crippen LogP contribution is 2.36. The highest BCUT2D eigenvalue weighted by atomic mass is 79.9. The maximum Gasteiger partial charge on any atom is 0.338 e. The molecule has 0 aliphatic carbocycles. The van der Waals surface area contributed by atoms with Crippen molar-refractivity contribution in [1.29, 1.82) is 0 Å². The Kier molecular flexibility index (Phi) is 7.60. The van der Waals surface area contributed by atoms with Crippen LogP contribution in [0.1, 0.15) is 22.8 Å². The molecule has 2 aromatic carbocycles. The van der Waals surface area contributed by atoms with Gasteiger partial charge in [-0.2, -0.15) is 0 Å². The summed E-state index contributed by atoms with van der Waals surface area (Å²) in [6.45, 7) is 2.04. The van der Waals surface area contributed by atoms with Gasteiger partial charge in [0.05, 0.1) is 23.8 Å². The number of carbonyl (C=O) groups is 2. The van der Waals surface area contributed by atoms with E-state index in [2.05, 4.69) is 21.2 Å². The molecule has 144 valence electrons. The van der Waals surface area contributed by atoms with Gasteiger partial charge in [-0.3, -0.25) is 4.79 Å². The third-order valence-corrected chi connectivity index (χ3v) is 4.08. The van der Waals surface area contributed by atoms with Crippen LogP contribution in [0, 0.1) is 5.82 Å². The van der Waals surface area contributed by atoms with Crippen molar-refractivity contribution in [2.45, 2.75) is 13.5 Å². The van der Waals surface area contributed by atoms with E-state index in [0.717, 1.165) is 5.56 Å². The van der Waals surface area contributed by atoms with Crippen LogP contribution in [0.4, 0.5) is 4.39 Å². The van der Waals surface area contributed by atoms with Crippen molar-refractivity contribution in [1.82, 2.24) is 5.32 Å².